The van der Waals surface area contributed by atoms with E-state index in [0.29, 0.717) is 18.8 Å². The number of benzene rings is 1. The third-order valence-corrected chi connectivity index (χ3v) is 4.49. The van der Waals surface area contributed by atoms with Gasteiger partial charge in [-0.2, -0.15) is 0 Å². The lowest BCUT2D eigenvalue weighted by Crippen LogP contribution is -2.36. The van der Waals surface area contributed by atoms with E-state index in [-0.39, 0.29) is 11.0 Å². The smallest absolute Gasteiger partial charge is 0.164 e. The highest BCUT2D eigenvalue weighted by molar-refractivity contribution is 5.26. The van der Waals surface area contributed by atoms with Crippen molar-refractivity contribution in [3.63, 3.8) is 0 Å². The van der Waals surface area contributed by atoms with Crippen LogP contribution in [-0.2, 0) is 5.60 Å². The Morgan fingerprint density at radius 1 is 1.16 bits per heavy atom. The molecule has 0 atom stereocenters. The Bertz CT molecular complexity index is 454. The Balaban J connectivity index is 2.21. The molecular formula is C16H22F2O. The van der Waals surface area contributed by atoms with Gasteiger partial charge >= 0.3 is 0 Å². The van der Waals surface area contributed by atoms with Gasteiger partial charge in [0.05, 0.1) is 5.60 Å². The van der Waals surface area contributed by atoms with Crippen LogP contribution in [0.2, 0.25) is 0 Å². The van der Waals surface area contributed by atoms with Crippen LogP contribution in [0.4, 0.5) is 8.78 Å². The van der Waals surface area contributed by atoms with Crippen molar-refractivity contribution in [1.82, 2.24) is 0 Å². The van der Waals surface area contributed by atoms with Gasteiger partial charge < -0.3 is 5.11 Å². The Labute approximate surface area is 113 Å². The molecule has 0 radical (unpaired) electrons. The zero-order valence-electron chi connectivity index (χ0n) is 11.8. The van der Waals surface area contributed by atoms with Crippen molar-refractivity contribution in [3.8, 4) is 0 Å². The molecule has 1 aliphatic carbocycles. The number of hydrogen-bond acceptors (Lipinski definition) is 1. The maximum atomic E-state index is 13.8. The lowest BCUT2D eigenvalue weighted by molar-refractivity contribution is -0.0326. The molecule has 2 rings (SSSR count). The molecule has 0 bridgehead atoms. The van der Waals surface area contributed by atoms with Gasteiger partial charge in [-0.15, -0.1) is 0 Å². The first kappa shape index (κ1) is 14.4. The number of halogens is 2. The van der Waals surface area contributed by atoms with E-state index in [9.17, 15) is 13.9 Å². The average Bonchev–Trinajstić information content (AvgIpc) is 2.32. The van der Waals surface area contributed by atoms with Gasteiger partial charge in [0.25, 0.3) is 0 Å². The molecule has 0 amide bonds. The summed E-state index contributed by atoms with van der Waals surface area (Å²) in [7, 11) is 0. The number of aliphatic hydroxyl groups is 1. The highest BCUT2D eigenvalue weighted by atomic mass is 19.2. The lowest BCUT2D eigenvalue weighted by atomic mass is 9.67. The zero-order chi connectivity index (χ0) is 14.3. The number of rotatable bonds is 1. The maximum Gasteiger partial charge on any atom is 0.164 e. The molecule has 0 saturated heterocycles. The van der Waals surface area contributed by atoms with Gasteiger partial charge in [-0.3, -0.25) is 0 Å². The minimum Gasteiger partial charge on any atom is -0.385 e. The average molecular weight is 268 g/mol. The summed E-state index contributed by atoms with van der Waals surface area (Å²) >= 11 is 0. The van der Waals surface area contributed by atoms with Crippen molar-refractivity contribution < 1.29 is 13.9 Å². The highest BCUT2D eigenvalue weighted by Crippen LogP contribution is 2.46. The van der Waals surface area contributed by atoms with Crippen LogP contribution in [0.1, 0.15) is 52.0 Å². The minimum absolute atomic E-state index is 0.111. The van der Waals surface area contributed by atoms with E-state index in [1.165, 1.54) is 12.1 Å². The van der Waals surface area contributed by atoms with E-state index in [1.807, 2.05) is 0 Å². The molecule has 1 saturated carbocycles. The summed E-state index contributed by atoms with van der Waals surface area (Å²) in [6, 6.07) is 4.04. The second kappa shape index (κ2) is 4.86. The Morgan fingerprint density at radius 2 is 1.74 bits per heavy atom. The first-order valence-electron chi connectivity index (χ1n) is 6.91. The van der Waals surface area contributed by atoms with Gasteiger partial charge in [0.2, 0.25) is 0 Å². The SMILES string of the molecule is CC(C)(C)C1CCC(O)(c2cccc(F)c2F)CC1. The van der Waals surface area contributed by atoms with E-state index in [4.69, 9.17) is 0 Å². The molecule has 19 heavy (non-hydrogen) atoms. The minimum atomic E-state index is -1.21. The first-order valence-corrected chi connectivity index (χ1v) is 6.91. The molecule has 1 nitrogen and oxygen atoms in total. The Kier molecular flexibility index (Phi) is 3.69. The summed E-state index contributed by atoms with van der Waals surface area (Å²) in [6.45, 7) is 6.56. The van der Waals surface area contributed by atoms with Crippen molar-refractivity contribution in [2.24, 2.45) is 11.3 Å². The molecule has 0 heterocycles. The van der Waals surface area contributed by atoms with Gasteiger partial charge in [-0.25, -0.2) is 8.78 Å². The standard InChI is InChI=1S/C16H22F2O/c1-15(2,3)11-7-9-16(19,10-8-11)12-5-4-6-13(17)14(12)18/h4-6,11,19H,7-10H2,1-3H3. The van der Waals surface area contributed by atoms with Crippen LogP contribution in [-0.4, -0.2) is 5.11 Å². The van der Waals surface area contributed by atoms with E-state index in [0.717, 1.165) is 18.9 Å². The molecular weight excluding hydrogens is 246 g/mol. The fourth-order valence-electron chi connectivity index (χ4n) is 3.09. The van der Waals surface area contributed by atoms with Gasteiger partial charge in [-0.1, -0.05) is 32.9 Å². The predicted octanol–water partition coefficient (Wildman–Crippen LogP) is 4.39. The van der Waals surface area contributed by atoms with Crippen molar-refractivity contribution in [1.29, 1.82) is 0 Å². The van der Waals surface area contributed by atoms with E-state index >= 15 is 0 Å². The molecule has 1 aromatic carbocycles. The van der Waals surface area contributed by atoms with Gasteiger partial charge in [0.1, 0.15) is 0 Å². The van der Waals surface area contributed by atoms with Crippen molar-refractivity contribution in [2.45, 2.75) is 52.1 Å². The van der Waals surface area contributed by atoms with Crippen LogP contribution in [0, 0.1) is 23.0 Å². The molecule has 0 unspecified atom stereocenters. The second-order valence-electron chi connectivity index (χ2n) is 6.77. The van der Waals surface area contributed by atoms with Crippen LogP contribution >= 0.6 is 0 Å². The molecule has 106 valence electrons. The fourth-order valence-corrected chi connectivity index (χ4v) is 3.09. The molecule has 0 aromatic heterocycles. The summed E-state index contributed by atoms with van der Waals surface area (Å²) in [4.78, 5) is 0. The molecule has 0 spiro atoms. The van der Waals surface area contributed by atoms with E-state index < -0.39 is 17.2 Å². The summed E-state index contributed by atoms with van der Waals surface area (Å²) in [6.07, 6.45) is 2.68. The van der Waals surface area contributed by atoms with Gasteiger partial charge in [0, 0.05) is 5.56 Å². The third-order valence-electron chi connectivity index (χ3n) is 4.49. The van der Waals surface area contributed by atoms with Gasteiger partial charge in [-0.05, 0) is 43.1 Å². The second-order valence-corrected chi connectivity index (χ2v) is 6.77. The quantitative estimate of drug-likeness (QED) is 0.801. The van der Waals surface area contributed by atoms with Crippen molar-refractivity contribution >= 4 is 0 Å². The Morgan fingerprint density at radius 3 is 2.26 bits per heavy atom. The molecule has 1 N–H and O–H groups in total. The number of hydrogen-bond donors (Lipinski definition) is 1. The van der Waals surface area contributed by atoms with Crippen molar-refractivity contribution in [3.05, 3.63) is 35.4 Å². The lowest BCUT2D eigenvalue weighted by Gasteiger charge is -2.41. The summed E-state index contributed by atoms with van der Waals surface area (Å²) in [5.74, 6) is -1.27. The van der Waals surface area contributed by atoms with Crippen molar-refractivity contribution in [2.75, 3.05) is 0 Å². The highest BCUT2D eigenvalue weighted by Gasteiger charge is 2.40. The summed E-state index contributed by atoms with van der Waals surface area (Å²) < 4.78 is 27.1. The topological polar surface area (TPSA) is 20.2 Å². The predicted molar refractivity (Wildman–Crippen MR) is 71.7 cm³/mol. The largest absolute Gasteiger partial charge is 0.385 e. The van der Waals surface area contributed by atoms with Gasteiger partial charge in [0.15, 0.2) is 11.6 Å². The van der Waals surface area contributed by atoms with E-state index in [1.54, 1.807) is 0 Å². The van der Waals surface area contributed by atoms with Crippen LogP contribution in [0.3, 0.4) is 0 Å². The van der Waals surface area contributed by atoms with Crippen LogP contribution in [0.25, 0.3) is 0 Å². The fraction of sp³-hybridized carbons (Fsp3) is 0.625. The molecule has 1 aliphatic rings. The monoisotopic (exact) mass is 268 g/mol. The zero-order valence-corrected chi connectivity index (χ0v) is 11.8. The van der Waals surface area contributed by atoms with Crippen LogP contribution in [0.15, 0.2) is 18.2 Å². The summed E-state index contributed by atoms with van der Waals surface area (Å²) in [5, 5.41) is 10.6. The third kappa shape index (κ3) is 2.81. The molecule has 1 aromatic rings. The molecule has 3 heteroatoms. The Hall–Kier alpha value is -0.960. The van der Waals surface area contributed by atoms with Crippen LogP contribution in [0.5, 0.6) is 0 Å². The molecule has 0 aliphatic heterocycles. The molecule has 1 fully saturated rings. The normalized spacial score (nSPS) is 28.4. The van der Waals surface area contributed by atoms with E-state index in [2.05, 4.69) is 20.8 Å². The first-order chi connectivity index (χ1) is 8.74. The maximum absolute atomic E-state index is 13.8. The summed E-state index contributed by atoms with van der Waals surface area (Å²) in [5.41, 5.74) is -0.907. The van der Waals surface area contributed by atoms with Crippen LogP contribution < -0.4 is 0 Å².